The van der Waals surface area contributed by atoms with Gasteiger partial charge in [0.1, 0.15) is 23.1 Å². The van der Waals surface area contributed by atoms with E-state index in [1.165, 1.54) is 0 Å². The van der Waals surface area contributed by atoms with E-state index < -0.39 is 0 Å². The first kappa shape index (κ1) is 15.4. The summed E-state index contributed by atoms with van der Waals surface area (Å²) in [6, 6.07) is 14.9. The molecule has 2 aromatic carbocycles. The highest BCUT2D eigenvalue weighted by molar-refractivity contribution is 6.36. The van der Waals surface area contributed by atoms with Crippen molar-refractivity contribution in [1.29, 1.82) is 5.26 Å². The fourth-order valence-electron chi connectivity index (χ4n) is 2.37. The third-order valence-electron chi connectivity index (χ3n) is 3.47. The van der Waals surface area contributed by atoms with Gasteiger partial charge in [-0.05, 0) is 42.8 Å². The number of aryl methyl sites for hydroxylation is 1. The minimum atomic E-state index is 0.277. The lowest BCUT2D eigenvalue weighted by atomic mass is 10.1. The summed E-state index contributed by atoms with van der Waals surface area (Å²) in [5, 5.41) is 14.9. The van der Waals surface area contributed by atoms with E-state index in [0.717, 1.165) is 11.3 Å². The second kappa shape index (κ2) is 5.96. The van der Waals surface area contributed by atoms with E-state index in [2.05, 4.69) is 11.2 Å². The van der Waals surface area contributed by atoms with E-state index in [0.29, 0.717) is 21.3 Å². The van der Waals surface area contributed by atoms with Gasteiger partial charge in [0.05, 0.1) is 10.7 Å². The Morgan fingerprint density at radius 2 is 1.96 bits per heavy atom. The molecule has 0 unspecified atom stereocenters. The number of nitrogens with zero attached hydrogens (tertiary/aromatic N) is 3. The summed E-state index contributed by atoms with van der Waals surface area (Å²) >= 11 is 12.2. The number of anilines is 1. The van der Waals surface area contributed by atoms with E-state index in [1.54, 1.807) is 22.9 Å². The number of nitrogens with two attached hydrogens (primary N) is 1. The Morgan fingerprint density at radius 1 is 1.17 bits per heavy atom. The number of rotatable bonds is 2. The van der Waals surface area contributed by atoms with Gasteiger partial charge in [0.25, 0.3) is 0 Å². The quantitative estimate of drug-likeness (QED) is 0.739. The number of nitrogen functional groups attached to an aromatic ring is 1. The van der Waals surface area contributed by atoms with Crippen LogP contribution in [0.4, 0.5) is 5.82 Å². The summed E-state index contributed by atoms with van der Waals surface area (Å²) in [6.45, 7) is 1.98. The molecular formula is C17H12Cl2N4. The van der Waals surface area contributed by atoms with Gasteiger partial charge in [0.15, 0.2) is 0 Å². The molecule has 1 heterocycles. The van der Waals surface area contributed by atoms with Gasteiger partial charge in [-0.2, -0.15) is 10.4 Å². The van der Waals surface area contributed by atoms with Crippen molar-refractivity contribution in [2.45, 2.75) is 6.92 Å². The molecule has 0 aliphatic rings. The topological polar surface area (TPSA) is 67.6 Å². The highest BCUT2D eigenvalue weighted by Gasteiger charge is 2.20. The molecule has 0 saturated carbocycles. The van der Waals surface area contributed by atoms with Crippen molar-refractivity contribution in [3.05, 3.63) is 63.6 Å². The van der Waals surface area contributed by atoms with Gasteiger partial charge in [0.2, 0.25) is 0 Å². The Labute approximate surface area is 143 Å². The van der Waals surface area contributed by atoms with Crippen molar-refractivity contribution in [2.24, 2.45) is 0 Å². The number of hydrogen-bond acceptors (Lipinski definition) is 3. The molecule has 0 aliphatic carbocycles. The van der Waals surface area contributed by atoms with Gasteiger partial charge >= 0.3 is 0 Å². The molecule has 0 bridgehead atoms. The van der Waals surface area contributed by atoms with Gasteiger partial charge < -0.3 is 5.73 Å². The zero-order valence-electron chi connectivity index (χ0n) is 12.2. The van der Waals surface area contributed by atoms with Crippen LogP contribution in [0.25, 0.3) is 16.9 Å². The number of nitriles is 1. The monoisotopic (exact) mass is 342 g/mol. The molecule has 3 aromatic rings. The van der Waals surface area contributed by atoms with E-state index >= 15 is 0 Å². The van der Waals surface area contributed by atoms with Gasteiger partial charge in [-0.15, -0.1) is 0 Å². The summed E-state index contributed by atoms with van der Waals surface area (Å²) in [7, 11) is 0. The molecule has 6 heteroatoms. The Kier molecular flexibility index (Phi) is 3.99. The van der Waals surface area contributed by atoms with Crippen LogP contribution in [-0.2, 0) is 0 Å². The van der Waals surface area contributed by atoms with Gasteiger partial charge in [-0.25, -0.2) is 4.68 Å². The Balaban J connectivity index is 2.24. The largest absolute Gasteiger partial charge is 0.382 e. The second-order valence-electron chi connectivity index (χ2n) is 5.10. The Bertz CT molecular complexity index is 938. The Hall–Kier alpha value is -2.48. The van der Waals surface area contributed by atoms with E-state index in [9.17, 15) is 5.26 Å². The van der Waals surface area contributed by atoms with E-state index in [1.807, 2.05) is 31.2 Å². The maximum absolute atomic E-state index is 9.47. The average molecular weight is 343 g/mol. The highest BCUT2D eigenvalue weighted by Crippen LogP contribution is 2.34. The van der Waals surface area contributed by atoms with Crippen molar-refractivity contribution in [3.63, 3.8) is 0 Å². The first-order valence-electron chi connectivity index (χ1n) is 6.82. The smallest absolute Gasteiger partial charge is 0.145 e. The zero-order chi connectivity index (χ0) is 16.6. The van der Waals surface area contributed by atoms with Crippen LogP contribution in [0, 0.1) is 18.3 Å². The normalized spacial score (nSPS) is 10.5. The minimum absolute atomic E-state index is 0.277. The van der Waals surface area contributed by atoms with Crippen LogP contribution in [0.2, 0.25) is 10.0 Å². The summed E-state index contributed by atoms with van der Waals surface area (Å²) in [5.41, 5.74) is 9.32. The van der Waals surface area contributed by atoms with Crippen LogP contribution in [-0.4, -0.2) is 9.78 Å². The summed E-state index contributed by atoms with van der Waals surface area (Å²) < 4.78 is 1.55. The molecule has 0 amide bonds. The lowest BCUT2D eigenvalue weighted by Gasteiger charge is -2.04. The maximum atomic E-state index is 9.47. The molecule has 3 rings (SSSR count). The summed E-state index contributed by atoms with van der Waals surface area (Å²) in [6.07, 6.45) is 0. The number of halogens is 2. The van der Waals surface area contributed by atoms with Crippen LogP contribution >= 0.6 is 23.2 Å². The van der Waals surface area contributed by atoms with Crippen LogP contribution in [0.3, 0.4) is 0 Å². The Morgan fingerprint density at radius 3 is 2.61 bits per heavy atom. The van der Waals surface area contributed by atoms with Gasteiger partial charge in [-0.1, -0.05) is 35.3 Å². The minimum Gasteiger partial charge on any atom is -0.382 e. The van der Waals surface area contributed by atoms with E-state index in [-0.39, 0.29) is 11.4 Å². The molecule has 0 aliphatic heterocycles. The number of hydrogen-bond donors (Lipinski definition) is 1. The van der Waals surface area contributed by atoms with Crippen molar-refractivity contribution < 1.29 is 0 Å². The SMILES string of the molecule is Cc1cccc(-n2nc(-c3ccc(Cl)cc3Cl)c(C#N)c2N)c1. The molecule has 114 valence electrons. The maximum Gasteiger partial charge on any atom is 0.145 e. The van der Waals surface area contributed by atoms with Gasteiger partial charge in [-0.3, -0.25) is 0 Å². The van der Waals surface area contributed by atoms with E-state index in [4.69, 9.17) is 28.9 Å². The second-order valence-corrected chi connectivity index (χ2v) is 5.94. The zero-order valence-corrected chi connectivity index (χ0v) is 13.7. The first-order valence-corrected chi connectivity index (χ1v) is 7.58. The van der Waals surface area contributed by atoms with Crippen molar-refractivity contribution >= 4 is 29.0 Å². The predicted molar refractivity (Wildman–Crippen MR) is 92.9 cm³/mol. The molecular weight excluding hydrogens is 331 g/mol. The lowest BCUT2D eigenvalue weighted by molar-refractivity contribution is 0.893. The van der Waals surface area contributed by atoms with Crippen molar-refractivity contribution in [2.75, 3.05) is 5.73 Å². The standard InChI is InChI=1S/C17H12Cl2N4/c1-10-3-2-4-12(7-10)23-17(21)14(9-20)16(22-23)13-6-5-11(18)8-15(13)19/h2-8H,21H2,1H3. The molecule has 0 radical (unpaired) electrons. The highest BCUT2D eigenvalue weighted by atomic mass is 35.5. The predicted octanol–water partition coefficient (Wildman–Crippen LogP) is 4.61. The van der Waals surface area contributed by atoms with Crippen LogP contribution in [0.5, 0.6) is 0 Å². The summed E-state index contributed by atoms with van der Waals surface area (Å²) in [4.78, 5) is 0. The first-order chi connectivity index (χ1) is 11.0. The lowest BCUT2D eigenvalue weighted by Crippen LogP contribution is -2.02. The van der Waals surface area contributed by atoms with Crippen molar-refractivity contribution in [3.8, 4) is 23.0 Å². The molecule has 23 heavy (non-hydrogen) atoms. The molecule has 0 fully saturated rings. The number of aromatic nitrogens is 2. The van der Waals surface area contributed by atoms with Gasteiger partial charge in [0, 0.05) is 10.6 Å². The fourth-order valence-corrected chi connectivity index (χ4v) is 2.87. The summed E-state index contributed by atoms with van der Waals surface area (Å²) in [5.74, 6) is 0.277. The average Bonchev–Trinajstić information content (AvgIpc) is 2.84. The molecule has 2 N–H and O–H groups in total. The third-order valence-corrected chi connectivity index (χ3v) is 4.01. The number of benzene rings is 2. The third kappa shape index (κ3) is 2.77. The molecule has 1 aromatic heterocycles. The molecule has 0 spiro atoms. The van der Waals surface area contributed by atoms with Crippen LogP contribution < -0.4 is 5.73 Å². The molecule has 4 nitrogen and oxygen atoms in total. The van der Waals surface area contributed by atoms with Crippen LogP contribution in [0.15, 0.2) is 42.5 Å². The fraction of sp³-hybridized carbons (Fsp3) is 0.0588. The molecule has 0 atom stereocenters. The molecule has 0 saturated heterocycles. The van der Waals surface area contributed by atoms with Crippen LogP contribution in [0.1, 0.15) is 11.1 Å². The van der Waals surface area contributed by atoms with Crippen molar-refractivity contribution in [1.82, 2.24) is 9.78 Å².